The van der Waals surface area contributed by atoms with Crippen LogP contribution in [0.1, 0.15) is 23.7 Å². The van der Waals surface area contributed by atoms with Gasteiger partial charge in [-0.3, -0.25) is 9.69 Å². The Hall–Kier alpha value is -1.04. The lowest BCUT2D eigenvalue weighted by molar-refractivity contribution is -0.122. The van der Waals surface area contributed by atoms with Gasteiger partial charge in [-0.2, -0.15) is 11.8 Å². The van der Waals surface area contributed by atoms with E-state index in [1.54, 1.807) is 0 Å². The third-order valence-corrected chi connectivity index (χ3v) is 5.48. The zero-order valence-corrected chi connectivity index (χ0v) is 13.7. The summed E-state index contributed by atoms with van der Waals surface area (Å²) in [6.45, 7) is 3.92. The van der Waals surface area contributed by atoms with E-state index in [1.807, 2.05) is 17.8 Å². The number of amides is 1. The Kier molecular flexibility index (Phi) is 5.76. The number of thioether (sulfide) groups is 1. The maximum Gasteiger partial charge on any atom is 0.234 e. The number of ether oxygens (including phenoxy) is 1. The highest BCUT2D eigenvalue weighted by Gasteiger charge is 2.23. The van der Waals surface area contributed by atoms with Crippen molar-refractivity contribution in [2.24, 2.45) is 0 Å². The zero-order valence-electron chi connectivity index (χ0n) is 12.9. The summed E-state index contributed by atoms with van der Waals surface area (Å²) in [4.78, 5) is 14.4. The van der Waals surface area contributed by atoms with E-state index < -0.39 is 0 Å². The molecule has 0 aliphatic carbocycles. The topological polar surface area (TPSA) is 41.6 Å². The molecule has 2 atom stereocenters. The van der Waals surface area contributed by atoms with Gasteiger partial charge in [-0.25, -0.2) is 0 Å². The molecule has 0 bridgehead atoms. The molecule has 0 radical (unpaired) electrons. The minimum Gasteiger partial charge on any atom is -0.376 e. The molecule has 0 unspecified atom stereocenters. The second kappa shape index (κ2) is 7.99. The predicted molar refractivity (Wildman–Crippen MR) is 90.1 cm³/mol. The minimum absolute atomic E-state index is 0.120. The highest BCUT2D eigenvalue weighted by Crippen LogP contribution is 2.32. The summed E-state index contributed by atoms with van der Waals surface area (Å²) in [5, 5.41) is 3.49. The number of benzene rings is 1. The molecule has 2 fully saturated rings. The molecule has 120 valence electrons. The van der Waals surface area contributed by atoms with Gasteiger partial charge in [0.2, 0.25) is 5.91 Å². The second-order valence-corrected chi connectivity index (χ2v) is 7.25. The van der Waals surface area contributed by atoms with Crippen molar-refractivity contribution in [3.8, 4) is 0 Å². The molecule has 2 aliphatic heterocycles. The average molecular weight is 320 g/mol. The van der Waals surface area contributed by atoms with Crippen LogP contribution in [0.4, 0.5) is 0 Å². The lowest BCUT2D eigenvalue weighted by atomic mass is 10.1. The molecule has 1 aromatic carbocycles. The predicted octanol–water partition coefficient (Wildman–Crippen LogP) is 2.07. The fourth-order valence-electron chi connectivity index (χ4n) is 3.01. The number of rotatable bonds is 5. The van der Waals surface area contributed by atoms with Crippen molar-refractivity contribution >= 4 is 17.7 Å². The lowest BCUT2D eigenvalue weighted by Gasteiger charge is -2.32. The van der Waals surface area contributed by atoms with Gasteiger partial charge < -0.3 is 10.1 Å². The molecule has 2 heterocycles. The van der Waals surface area contributed by atoms with Gasteiger partial charge in [-0.15, -0.1) is 0 Å². The van der Waals surface area contributed by atoms with E-state index in [0.717, 1.165) is 38.3 Å². The summed E-state index contributed by atoms with van der Waals surface area (Å²) in [5.41, 5.74) is 1.36. The lowest BCUT2D eigenvalue weighted by Crippen LogP contribution is -2.43. The SMILES string of the molecule is O=C(CN1CCS[C@@H](c2ccccc2)C1)NC[C@H]1CCCO1. The molecular formula is C17H24N2O2S. The Bertz CT molecular complexity index is 477. The molecule has 3 rings (SSSR count). The Balaban J connectivity index is 1.44. The average Bonchev–Trinajstić information content (AvgIpc) is 3.08. The second-order valence-electron chi connectivity index (χ2n) is 5.94. The highest BCUT2D eigenvalue weighted by atomic mass is 32.2. The minimum atomic E-state index is 0.120. The zero-order chi connectivity index (χ0) is 15.2. The van der Waals surface area contributed by atoms with Gasteiger partial charge >= 0.3 is 0 Å². The largest absolute Gasteiger partial charge is 0.376 e. The van der Waals surface area contributed by atoms with Crippen molar-refractivity contribution < 1.29 is 9.53 Å². The van der Waals surface area contributed by atoms with E-state index in [1.165, 1.54) is 5.56 Å². The first-order valence-corrected chi connectivity index (χ1v) is 9.13. The molecule has 0 aromatic heterocycles. The third-order valence-electron chi connectivity index (χ3n) is 4.24. The summed E-state index contributed by atoms with van der Waals surface area (Å²) in [5.74, 6) is 1.20. The summed E-state index contributed by atoms with van der Waals surface area (Å²) in [6.07, 6.45) is 2.40. The van der Waals surface area contributed by atoms with E-state index in [9.17, 15) is 4.79 Å². The smallest absolute Gasteiger partial charge is 0.234 e. The molecule has 2 saturated heterocycles. The van der Waals surface area contributed by atoms with Gasteiger partial charge in [0.15, 0.2) is 0 Å². The van der Waals surface area contributed by atoms with E-state index in [0.29, 0.717) is 18.3 Å². The highest BCUT2D eigenvalue weighted by molar-refractivity contribution is 7.99. The number of hydrogen-bond acceptors (Lipinski definition) is 4. The van der Waals surface area contributed by atoms with Gasteiger partial charge in [0, 0.05) is 37.2 Å². The molecule has 1 amide bonds. The van der Waals surface area contributed by atoms with Gasteiger partial charge in [-0.05, 0) is 18.4 Å². The molecule has 1 N–H and O–H groups in total. The van der Waals surface area contributed by atoms with E-state index in [-0.39, 0.29) is 12.0 Å². The van der Waals surface area contributed by atoms with Gasteiger partial charge in [0.25, 0.3) is 0 Å². The number of hydrogen-bond donors (Lipinski definition) is 1. The number of carbonyl (C=O) groups excluding carboxylic acids is 1. The van der Waals surface area contributed by atoms with Crippen molar-refractivity contribution in [2.45, 2.75) is 24.2 Å². The van der Waals surface area contributed by atoms with Crippen LogP contribution >= 0.6 is 11.8 Å². The van der Waals surface area contributed by atoms with Gasteiger partial charge in [-0.1, -0.05) is 30.3 Å². The van der Waals surface area contributed by atoms with E-state index >= 15 is 0 Å². The van der Waals surface area contributed by atoms with E-state index in [2.05, 4.69) is 34.5 Å². The molecule has 22 heavy (non-hydrogen) atoms. The van der Waals surface area contributed by atoms with Crippen LogP contribution in [0.5, 0.6) is 0 Å². The van der Waals surface area contributed by atoms with E-state index in [4.69, 9.17) is 4.74 Å². The summed E-state index contributed by atoms with van der Waals surface area (Å²) in [6, 6.07) is 10.6. The maximum absolute atomic E-state index is 12.1. The summed E-state index contributed by atoms with van der Waals surface area (Å²) < 4.78 is 5.54. The first-order valence-electron chi connectivity index (χ1n) is 8.08. The van der Waals surface area contributed by atoms with Crippen LogP contribution in [0.2, 0.25) is 0 Å². The van der Waals surface area contributed by atoms with Crippen LogP contribution in [-0.4, -0.2) is 55.4 Å². The first kappa shape index (κ1) is 15.8. The quantitative estimate of drug-likeness (QED) is 0.902. The van der Waals surface area contributed by atoms with Crippen LogP contribution in [0.3, 0.4) is 0 Å². The first-order chi connectivity index (χ1) is 10.8. The monoisotopic (exact) mass is 320 g/mol. The third kappa shape index (κ3) is 4.48. The van der Waals surface area contributed by atoms with Crippen molar-refractivity contribution in [1.29, 1.82) is 0 Å². The van der Waals surface area contributed by atoms with Crippen LogP contribution in [0, 0.1) is 0 Å². The Morgan fingerprint density at radius 2 is 2.23 bits per heavy atom. The molecule has 1 aromatic rings. The Morgan fingerprint density at radius 1 is 1.36 bits per heavy atom. The van der Waals surface area contributed by atoms with Crippen LogP contribution in [0.25, 0.3) is 0 Å². The maximum atomic E-state index is 12.1. The van der Waals surface area contributed by atoms with Gasteiger partial charge in [0.1, 0.15) is 0 Å². The van der Waals surface area contributed by atoms with Crippen molar-refractivity contribution in [1.82, 2.24) is 10.2 Å². The standard InChI is InChI=1S/C17H24N2O2S/c20-17(18-11-15-7-4-9-21-15)13-19-8-10-22-16(12-19)14-5-2-1-3-6-14/h1-3,5-6,15-16H,4,7-13H2,(H,18,20)/t15-,16-/m1/s1. The molecule has 4 nitrogen and oxygen atoms in total. The molecule has 0 saturated carbocycles. The number of nitrogens with zero attached hydrogens (tertiary/aromatic N) is 1. The number of nitrogens with one attached hydrogen (secondary N) is 1. The van der Waals surface area contributed by atoms with Crippen molar-refractivity contribution in [3.05, 3.63) is 35.9 Å². The fraction of sp³-hybridized carbons (Fsp3) is 0.588. The summed E-state index contributed by atoms with van der Waals surface area (Å²) >= 11 is 1.99. The fourth-order valence-corrected chi connectivity index (χ4v) is 4.32. The van der Waals surface area contributed by atoms with Crippen LogP contribution in [0.15, 0.2) is 30.3 Å². The molecule has 5 heteroatoms. The summed E-state index contributed by atoms with van der Waals surface area (Å²) in [7, 11) is 0. The Morgan fingerprint density at radius 3 is 3.00 bits per heavy atom. The van der Waals surface area contributed by atoms with Crippen LogP contribution in [-0.2, 0) is 9.53 Å². The number of carbonyl (C=O) groups is 1. The van der Waals surface area contributed by atoms with Crippen LogP contribution < -0.4 is 5.32 Å². The normalized spacial score (nSPS) is 26.0. The molecule has 0 spiro atoms. The van der Waals surface area contributed by atoms with Crippen molar-refractivity contribution in [3.63, 3.8) is 0 Å². The molecule has 2 aliphatic rings. The van der Waals surface area contributed by atoms with Gasteiger partial charge in [0.05, 0.1) is 12.6 Å². The molecular weight excluding hydrogens is 296 g/mol. The Labute approximate surface area is 136 Å². The van der Waals surface area contributed by atoms with Crippen molar-refractivity contribution in [2.75, 3.05) is 38.5 Å².